The Labute approximate surface area is 104 Å². The third kappa shape index (κ3) is 2.50. The van der Waals surface area contributed by atoms with E-state index in [2.05, 4.69) is 5.43 Å². The maximum absolute atomic E-state index is 5.94. The smallest absolute Gasteiger partial charge is 0.115 e. The van der Waals surface area contributed by atoms with Crippen molar-refractivity contribution in [2.24, 2.45) is 5.84 Å². The zero-order valence-corrected chi connectivity index (χ0v) is 10.1. The van der Waals surface area contributed by atoms with Gasteiger partial charge in [-0.1, -0.05) is 23.2 Å². The highest BCUT2D eigenvalue weighted by Gasteiger charge is 2.20. The second kappa shape index (κ2) is 5.06. The summed E-state index contributed by atoms with van der Waals surface area (Å²) in [4.78, 5) is 0. The molecule has 0 amide bonds. The first-order valence-corrected chi connectivity index (χ1v) is 5.71. The SMILES string of the molecule is NNC(C1=CCCO1)c1cc(Cl)cc(Cl)c1. The van der Waals surface area contributed by atoms with Crippen molar-refractivity contribution in [3.8, 4) is 0 Å². The van der Waals surface area contributed by atoms with Gasteiger partial charge in [0.2, 0.25) is 0 Å². The third-order valence-electron chi connectivity index (χ3n) is 2.40. The van der Waals surface area contributed by atoms with Crippen LogP contribution in [0.3, 0.4) is 0 Å². The van der Waals surface area contributed by atoms with E-state index in [1.807, 2.05) is 18.2 Å². The van der Waals surface area contributed by atoms with E-state index in [0.29, 0.717) is 16.7 Å². The van der Waals surface area contributed by atoms with Gasteiger partial charge in [0.1, 0.15) is 11.8 Å². The number of benzene rings is 1. The number of halogens is 2. The maximum Gasteiger partial charge on any atom is 0.115 e. The van der Waals surface area contributed by atoms with Crippen LogP contribution < -0.4 is 11.3 Å². The molecule has 0 aromatic heterocycles. The Kier molecular flexibility index (Phi) is 3.71. The van der Waals surface area contributed by atoms with Crippen LogP contribution in [0.5, 0.6) is 0 Å². The Morgan fingerprint density at radius 2 is 1.94 bits per heavy atom. The van der Waals surface area contributed by atoms with Crippen molar-refractivity contribution in [1.82, 2.24) is 5.43 Å². The van der Waals surface area contributed by atoms with E-state index >= 15 is 0 Å². The average molecular weight is 259 g/mol. The summed E-state index contributed by atoms with van der Waals surface area (Å²) in [5, 5.41) is 1.17. The number of hydrogen-bond donors (Lipinski definition) is 2. The fourth-order valence-electron chi connectivity index (χ4n) is 1.72. The molecule has 0 aliphatic carbocycles. The Morgan fingerprint density at radius 1 is 1.25 bits per heavy atom. The monoisotopic (exact) mass is 258 g/mol. The summed E-state index contributed by atoms with van der Waals surface area (Å²) in [5.74, 6) is 6.35. The quantitative estimate of drug-likeness (QED) is 0.648. The second-order valence-corrected chi connectivity index (χ2v) is 4.42. The van der Waals surface area contributed by atoms with Crippen molar-refractivity contribution in [1.29, 1.82) is 0 Å². The molecule has 1 aliphatic rings. The normalized spacial score (nSPS) is 16.8. The molecule has 3 nitrogen and oxygen atoms in total. The zero-order chi connectivity index (χ0) is 11.5. The highest BCUT2D eigenvalue weighted by molar-refractivity contribution is 6.34. The Balaban J connectivity index is 2.32. The van der Waals surface area contributed by atoms with E-state index in [-0.39, 0.29) is 6.04 Å². The van der Waals surface area contributed by atoms with E-state index in [1.54, 1.807) is 6.07 Å². The van der Waals surface area contributed by atoms with Crippen LogP contribution in [-0.4, -0.2) is 6.61 Å². The van der Waals surface area contributed by atoms with Crippen LogP contribution >= 0.6 is 23.2 Å². The van der Waals surface area contributed by atoms with Crippen LogP contribution in [-0.2, 0) is 4.74 Å². The molecule has 3 N–H and O–H groups in total. The van der Waals surface area contributed by atoms with E-state index in [9.17, 15) is 0 Å². The molecule has 86 valence electrons. The number of hydrazine groups is 1. The van der Waals surface area contributed by atoms with Gasteiger partial charge >= 0.3 is 0 Å². The highest BCUT2D eigenvalue weighted by atomic mass is 35.5. The first-order valence-electron chi connectivity index (χ1n) is 4.95. The van der Waals surface area contributed by atoms with Crippen molar-refractivity contribution in [3.05, 3.63) is 45.6 Å². The largest absolute Gasteiger partial charge is 0.496 e. The molecule has 0 saturated heterocycles. The van der Waals surface area contributed by atoms with Gasteiger partial charge in [0.25, 0.3) is 0 Å². The lowest BCUT2D eigenvalue weighted by atomic mass is 10.1. The van der Waals surface area contributed by atoms with Gasteiger partial charge in [-0.2, -0.15) is 0 Å². The molecule has 0 radical (unpaired) electrons. The molecule has 2 rings (SSSR count). The summed E-state index contributed by atoms with van der Waals surface area (Å²) in [6.07, 6.45) is 2.92. The van der Waals surface area contributed by atoms with Crippen LogP contribution in [0.2, 0.25) is 10.0 Å². The molecule has 5 heteroatoms. The van der Waals surface area contributed by atoms with Gasteiger partial charge in [-0.25, -0.2) is 5.43 Å². The van der Waals surface area contributed by atoms with Gasteiger partial charge in [-0.3, -0.25) is 5.84 Å². The average Bonchev–Trinajstić information content (AvgIpc) is 2.70. The predicted molar refractivity (Wildman–Crippen MR) is 65.2 cm³/mol. The highest BCUT2D eigenvalue weighted by Crippen LogP contribution is 2.29. The van der Waals surface area contributed by atoms with Gasteiger partial charge in [0, 0.05) is 16.5 Å². The topological polar surface area (TPSA) is 47.3 Å². The van der Waals surface area contributed by atoms with Crippen molar-refractivity contribution in [3.63, 3.8) is 0 Å². The minimum Gasteiger partial charge on any atom is -0.496 e. The molecule has 1 unspecified atom stereocenters. The molecule has 1 heterocycles. The van der Waals surface area contributed by atoms with E-state index < -0.39 is 0 Å². The number of nitrogens with one attached hydrogen (secondary N) is 1. The van der Waals surface area contributed by atoms with Gasteiger partial charge in [-0.15, -0.1) is 0 Å². The van der Waals surface area contributed by atoms with Crippen molar-refractivity contribution < 1.29 is 4.74 Å². The molecular formula is C11H12Cl2N2O. The minimum absolute atomic E-state index is 0.196. The van der Waals surface area contributed by atoms with Crippen LogP contribution in [0.25, 0.3) is 0 Å². The first-order chi connectivity index (χ1) is 7.70. The molecule has 1 atom stereocenters. The molecule has 16 heavy (non-hydrogen) atoms. The van der Waals surface area contributed by atoms with Crippen LogP contribution in [0, 0.1) is 0 Å². The summed E-state index contributed by atoms with van der Waals surface area (Å²) in [7, 11) is 0. The summed E-state index contributed by atoms with van der Waals surface area (Å²) in [6.45, 7) is 0.696. The van der Waals surface area contributed by atoms with Crippen molar-refractivity contribution in [2.45, 2.75) is 12.5 Å². The fourth-order valence-corrected chi connectivity index (χ4v) is 2.27. The zero-order valence-electron chi connectivity index (χ0n) is 8.54. The van der Waals surface area contributed by atoms with E-state index in [1.165, 1.54) is 0 Å². The first kappa shape index (κ1) is 11.7. The molecule has 0 spiro atoms. The summed E-state index contributed by atoms with van der Waals surface area (Å²) < 4.78 is 5.47. The molecule has 1 aliphatic heterocycles. The van der Waals surface area contributed by atoms with Crippen LogP contribution in [0.4, 0.5) is 0 Å². The minimum atomic E-state index is -0.196. The molecular weight excluding hydrogens is 247 g/mol. The Hall–Kier alpha value is -0.740. The summed E-state index contributed by atoms with van der Waals surface area (Å²) in [6, 6.07) is 5.13. The second-order valence-electron chi connectivity index (χ2n) is 3.55. The summed E-state index contributed by atoms with van der Waals surface area (Å²) >= 11 is 11.9. The Morgan fingerprint density at radius 3 is 2.44 bits per heavy atom. The number of nitrogens with two attached hydrogens (primary N) is 1. The number of hydrogen-bond acceptors (Lipinski definition) is 3. The fraction of sp³-hybridized carbons (Fsp3) is 0.273. The van der Waals surface area contributed by atoms with Gasteiger partial charge in [-0.05, 0) is 29.8 Å². The lowest BCUT2D eigenvalue weighted by Crippen LogP contribution is -2.29. The van der Waals surface area contributed by atoms with Gasteiger partial charge in [0.15, 0.2) is 0 Å². The summed E-state index contributed by atoms with van der Waals surface area (Å²) in [5.41, 5.74) is 3.60. The van der Waals surface area contributed by atoms with Crippen molar-refractivity contribution >= 4 is 23.2 Å². The van der Waals surface area contributed by atoms with Gasteiger partial charge < -0.3 is 4.74 Å². The predicted octanol–water partition coefficient (Wildman–Crippen LogP) is 2.80. The van der Waals surface area contributed by atoms with Crippen LogP contribution in [0.15, 0.2) is 30.0 Å². The van der Waals surface area contributed by atoms with Gasteiger partial charge in [0.05, 0.1) is 6.61 Å². The molecule has 0 saturated carbocycles. The molecule has 0 fully saturated rings. The molecule has 1 aromatic rings. The lowest BCUT2D eigenvalue weighted by molar-refractivity contribution is 0.215. The maximum atomic E-state index is 5.94. The van der Waals surface area contributed by atoms with Crippen molar-refractivity contribution in [2.75, 3.05) is 6.61 Å². The standard InChI is InChI=1S/C11H12Cl2N2O/c12-8-4-7(5-9(13)6-8)11(15-14)10-2-1-3-16-10/h2,4-6,11,15H,1,3,14H2. The van der Waals surface area contributed by atoms with Crippen LogP contribution in [0.1, 0.15) is 18.0 Å². The Bertz CT molecular complexity index is 400. The van der Waals surface area contributed by atoms with E-state index in [0.717, 1.165) is 17.7 Å². The molecule has 0 bridgehead atoms. The molecule has 1 aromatic carbocycles. The lowest BCUT2D eigenvalue weighted by Gasteiger charge is -2.18. The van der Waals surface area contributed by atoms with E-state index in [4.69, 9.17) is 33.8 Å². The third-order valence-corrected chi connectivity index (χ3v) is 2.84. The number of rotatable bonds is 3. The number of ether oxygens (including phenoxy) is 1.